The molecule has 0 aliphatic heterocycles. The van der Waals surface area contributed by atoms with Crippen LogP contribution in [0.4, 0.5) is 0 Å². The van der Waals surface area contributed by atoms with Gasteiger partial charge in [-0.05, 0) is 64.2 Å². The third kappa shape index (κ3) is 71.2. The Labute approximate surface area is 542 Å². The maximum absolute atomic E-state index is 13.1. The number of nitrogens with one attached hydrogen (secondary N) is 1. The van der Waals surface area contributed by atoms with Gasteiger partial charge < -0.3 is 19.8 Å². The molecular formula is C78H148N2O6P+. The quantitative estimate of drug-likeness (QED) is 0.0243. The Morgan fingerprint density at radius 3 is 1.01 bits per heavy atom. The summed E-state index contributed by atoms with van der Waals surface area (Å²) in [6, 6.07) is -0.849. The minimum Gasteiger partial charge on any atom is -0.387 e. The van der Waals surface area contributed by atoms with Crippen molar-refractivity contribution in [3.63, 3.8) is 0 Å². The molecule has 0 rings (SSSR count). The molecule has 510 valence electrons. The van der Waals surface area contributed by atoms with Gasteiger partial charge in [0, 0.05) is 6.42 Å². The molecule has 0 fully saturated rings. The fraction of sp³-hybridized carbons (Fsp3) is 0.833. The van der Waals surface area contributed by atoms with Crippen molar-refractivity contribution in [1.82, 2.24) is 5.32 Å². The van der Waals surface area contributed by atoms with E-state index >= 15 is 0 Å². The number of allylic oxidation sites excluding steroid dienone is 11. The van der Waals surface area contributed by atoms with Crippen LogP contribution in [0.15, 0.2) is 72.9 Å². The van der Waals surface area contributed by atoms with Crippen LogP contribution in [0, 0.1) is 0 Å². The Morgan fingerprint density at radius 2 is 0.690 bits per heavy atom. The number of quaternary nitrogens is 1. The van der Waals surface area contributed by atoms with Gasteiger partial charge in [0.25, 0.3) is 0 Å². The van der Waals surface area contributed by atoms with E-state index in [1.54, 1.807) is 6.08 Å². The van der Waals surface area contributed by atoms with E-state index in [9.17, 15) is 19.4 Å². The van der Waals surface area contributed by atoms with Crippen LogP contribution < -0.4 is 5.32 Å². The van der Waals surface area contributed by atoms with Crippen molar-refractivity contribution >= 4 is 13.7 Å². The zero-order chi connectivity index (χ0) is 63.4. The molecule has 8 nitrogen and oxygen atoms in total. The summed E-state index contributed by atoms with van der Waals surface area (Å²) in [6.45, 7) is 4.75. The first-order chi connectivity index (χ1) is 42.5. The van der Waals surface area contributed by atoms with Crippen LogP contribution in [0.5, 0.6) is 0 Å². The van der Waals surface area contributed by atoms with Crippen molar-refractivity contribution in [2.75, 3.05) is 40.9 Å². The van der Waals surface area contributed by atoms with Gasteiger partial charge in [-0.2, -0.15) is 0 Å². The number of nitrogens with zero attached hydrogens (tertiary/aromatic N) is 1. The van der Waals surface area contributed by atoms with E-state index in [2.05, 4.69) is 79.9 Å². The Kier molecular flexibility index (Phi) is 66.7. The van der Waals surface area contributed by atoms with Crippen molar-refractivity contribution in [1.29, 1.82) is 0 Å². The maximum Gasteiger partial charge on any atom is 0.472 e. The van der Waals surface area contributed by atoms with Crippen LogP contribution >= 0.6 is 7.82 Å². The molecule has 3 unspecified atom stereocenters. The molecule has 0 saturated carbocycles. The van der Waals surface area contributed by atoms with Gasteiger partial charge in [-0.15, -0.1) is 0 Å². The average molecular weight is 1240 g/mol. The highest BCUT2D eigenvalue weighted by atomic mass is 31.2. The summed E-state index contributed by atoms with van der Waals surface area (Å²) in [7, 11) is 1.59. The highest BCUT2D eigenvalue weighted by molar-refractivity contribution is 7.47. The molecule has 0 aliphatic rings. The zero-order valence-corrected chi connectivity index (χ0v) is 59.4. The Bertz CT molecular complexity index is 1650. The molecule has 0 spiro atoms. The minimum absolute atomic E-state index is 0.0621. The molecule has 0 bridgehead atoms. The summed E-state index contributed by atoms with van der Waals surface area (Å²) in [5.74, 6) is -0.171. The summed E-state index contributed by atoms with van der Waals surface area (Å²) in [5.41, 5.74) is 0. The van der Waals surface area contributed by atoms with E-state index in [4.69, 9.17) is 9.05 Å². The molecule has 3 N–H and O–H groups in total. The number of hydrogen-bond donors (Lipinski definition) is 3. The predicted molar refractivity (Wildman–Crippen MR) is 383 cm³/mol. The zero-order valence-electron chi connectivity index (χ0n) is 58.5. The van der Waals surface area contributed by atoms with Crippen LogP contribution in [0.1, 0.15) is 367 Å². The van der Waals surface area contributed by atoms with Gasteiger partial charge in [0.1, 0.15) is 13.2 Å². The Balaban J connectivity index is 3.99. The molecular weight excluding hydrogens is 1090 g/mol. The number of carbonyl (C=O) groups is 1. The SMILES string of the molecule is CC/C=C\C/C=C\C/C=C\C/C=C\C/C=C\CCCCCCCCCCCCCCCCCCCCCCCC(=O)NC(COP(=O)(O)OCC[N+](C)(C)C)C(O)/C=C/CCCCCCCCCCCCCCCCCCCCCCCCCCCC. The highest BCUT2D eigenvalue weighted by Gasteiger charge is 2.28. The summed E-state index contributed by atoms with van der Waals surface area (Å²) in [6.07, 6.45) is 96.4. The van der Waals surface area contributed by atoms with Crippen molar-refractivity contribution in [2.24, 2.45) is 0 Å². The second kappa shape index (κ2) is 68.3. The van der Waals surface area contributed by atoms with E-state index in [1.807, 2.05) is 27.2 Å². The summed E-state index contributed by atoms with van der Waals surface area (Å²) >= 11 is 0. The van der Waals surface area contributed by atoms with E-state index in [-0.39, 0.29) is 19.1 Å². The van der Waals surface area contributed by atoms with Crippen molar-refractivity contribution in [2.45, 2.75) is 379 Å². The molecule has 9 heteroatoms. The number of aliphatic hydroxyl groups excluding tert-OH is 1. The molecule has 0 aromatic carbocycles. The normalized spacial score (nSPS) is 14.0. The van der Waals surface area contributed by atoms with E-state index < -0.39 is 20.0 Å². The van der Waals surface area contributed by atoms with Gasteiger partial charge in [-0.25, -0.2) is 4.57 Å². The lowest BCUT2D eigenvalue weighted by molar-refractivity contribution is -0.870. The summed E-state index contributed by atoms with van der Waals surface area (Å²) < 4.78 is 23.9. The fourth-order valence-corrected chi connectivity index (χ4v) is 12.1. The topological polar surface area (TPSA) is 105 Å². The molecule has 0 aromatic rings. The number of hydrogen-bond acceptors (Lipinski definition) is 5. The van der Waals surface area contributed by atoms with Gasteiger partial charge in [0.05, 0.1) is 39.9 Å². The van der Waals surface area contributed by atoms with Gasteiger partial charge >= 0.3 is 7.82 Å². The molecule has 87 heavy (non-hydrogen) atoms. The number of phosphoric ester groups is 1. The van der Waals surface area contributed by atoms with Crippen molar-refractivity contribution in [3.8, 4) is 0 Å². The second-order valence-corrected chi connectivity index (χ2v) is 28.5. The molecule has 0 saturated heterocycles. The number of amides is 1. The van der Waals surface area contributed by atoms with Crippen LogP contribution in [-0.2, 0) is 18.4 Å². The average Bonchev–Trinajstić information content (AvgIpc) is 3.70. The number of likely N-dealkylation sites (N-methyl/N-ethyl adjacent to an activating group) is 1. The predicted octanol–water partition coefficient (Wildman–Crippen LogP) is 24.5. The summed E-state index contributed by atoms with van der Waals surface area (Å²) in [4.78, 5) is 23.5. The van der Waals surface area contributed by atoms with Crippen LogP contribution in [0.2, 0.25) is 0 Å². The number of phosphoric acid groups is 1. The number of rotatable bonds is 70. The smallest absolute Gasteiger partial charge is 0.387 e. The first-order valence-corrected chi connectivity index (χ1v) is 39.3. The van der Waals surface area contributed by atoms with Crippen LogP contribution in [0.25, 0.3) is 0 Å². The lowest BCUT2D eigenvalue weighted by Crippen LogP contribution is -2.45. The number of aliphatic hydroxyl groups is 1. The fourth-order valence-electron chi connectivity index (χ4n) is 11.4. The standard InChI is InChI=1S/C78H147N2O6P/c1-6-8-10-12-14-16-18-20-22-24-26-28-30-32-34-36-37-38-39-40-41-42-43-44-46-48-50-52-54-56-58-60-62-64-66-68-70-72-78(82)79-76(75-86-87(83,84)85-74-73-80(3,4)5)77(81)71-69-67-65-63-61-59-57-55-53-51-49-47-45-35-33-31-29-27-25-23-21-19-17-15-13-11-9-7-2/h8,10,14,16,20,22,26,28,32,34,69,71,76-77,81H,6-7,9,11-13,15,17-19,21,23-25,27,29-31,33,35-68,70,72-75H2,1-5H3,(H-,79,82,83,84)/p+1/b10-8-,16-14-,22-20-,28-26-,34-32-,71-69+. The second-order valence-electron chi connectivity index (χ2n) is 27.0. The number of carbonyl (C=O) groups excluding carboxylic acids is 1. The number of unbranched alkanes of at least 4 members (excludes halogenated alkanes) is 47. The molecule has 1 amide bonds. The van der Waals surface area contributed by atoms with E-state index in [0.717, 1.165) is 70.6 Å². The van der Waals surface area contributed by atoms with Crippen molar-refractivity contribution < 1.29 is 32.9 Å². The Morgan fingerprint density at radius 1 is 0.402 bits per heavy atom. The Hall–Kier alpha value is -2.06. The third-order valence-corrected chi connectivity index (χ3v) is 18.2. The third-order valence-electron chi connectivity index (χ3n) is 17.2. The molecule has 3 atom stereocenters. The molecule has 0 heterocycles. The van der Waals surface area contributed by atoms with Gasteiger partial charge in [-0.3, -0.25) is 13.8 Å². The first kappa shape index (κ1) is 84.9. The maximum atomic E-state index is 13.1. The largest absolute Gasteiger partial charge is 0.472 e. The lowest BCUT2D eigenvalue weighted by Gasteiger charge is -2.25. The van der Waals surface area contributed by atoms with Gasteiger partial charge in [-0.1, -0.05) is 369 Å². The van der Waals surface area contributed by atoms with Gasteiger partial charge in [0.2, 0.25) is 5.91 Å². The lowest BCUT2D eigenvalue weighted by atomic mass is 10.0. The van der Waals surface area contributed by atoms with Crippen LogP contribution in [0.3, 0.4) is 0 Å². The molecule has 0 radical (unpaired) electrons. The monoisotopic (exact) mass is 1240 g/mol. The van der Waals surface area contributed by atoms with E-state index in [0.29, 0.717) is 17.4 Å². The van der Waals surface area contributed by atoms with E-state index in [1.165, 1.54) is 276 Å². The van der Waals surface area contributed by atoms with Crippen molar-refractivity contribution in [3.05, 3.63) is 72.9 Å². The van der Waals surface area contributed by atoms with Gasteiger partial charge in [0.15, 0.2) is 0 Å². The first-order valence-electron chi connectivity index (χ1n) is 37.8. The minimum atomic E-state index is -4.36. The van der Waals surface area contributed by atoms with Crippen LogP contribution in [-0.4, -0.2) is 73.4 Å². The highest BCUT2D eigenvalue weighted by Crippen LogP contribution is 2.43. The summed E-state index contributed by atoms with van der Waals surface area (Å²) in [5, 5.41) is 14.0. The molecule has 0 aromatic heterocycles. The molecule has 0 aliphatic carbocycles.